The fraction of sp³-hybridized carbons (Fsp3) is 0.457. The molecular formula is C35H43N5O5. The van der Waals surface area contributed by atoms with Crippen molar-refractivity contribution in [3.05, 3.63) is 93.5 Å². The molecule has 1 saturated carbocycles. The van der Waals surface area contributed by atoms with Gasteiger partial charge >= 0.3 is 0 Å². The molecule has 0 bridgehead atoms. The van der Waals surface area contributed by atoms with E-state index in [1.165, 1.54) is 0 Å². The Labute approximate surface area is 263 Å². The average Bonchev–Trinajstić information content (AvgIpc) is 3.73. The first kappa shape index (κ1) is 31.2. The average molecular weight is 614 g/mol. The van der Waals surface area contributed by atoms with Gasteiger partial charge in [0, 0.05) is 36.3 Å². The van der Waals surface area contributed by atoms with Crippen LogP contribution in [-0.2, 0) is 27.2 Å². The number of hydrogen-bond donors (Lipinski definition) is 2. The molecule has 10 heteroatoms. The molecule has 4 aromatic rings. The van der Waals surface area contributed by atoms with Gasteiger partial charge in [0.2, 0.25) is 0 Å². The molecule has 1 aliphatic heterocycles. The summed E-state index contributed by atoms with van der Waals surface area (Å²) in [4.78, 5) is 24.3. The fourth-order valence-electron chi connectivity index (χ4n) is 6.51. The van der Waals surface area contributed by atoms with E-state index in [1.807, 2.05) is 40.3 Å². The Morgan fingerprint density at radius 2 is 1.78 bits per heavy atom. The highest BCUT2D eigenvalue weighted by molar-refractivity contribution is 6.04. The van der Waals surface area contributed by atoms with Gasteiger partial charge in [-0.3, -0.25) is 9.36 Å². The highest BCUT2D eigenvalue weighted by Gasteiger charge is 2.28. The fourth-order valence-corrected chi connectivity index (χ4v) is 6.51. The molecule has 0 spiro atoms. The lowest BCUT2D eigenvalue weighted by Gasteiger charge is -2.31. The van der Waals surface area contributed by atoms with Crippen LogP contribution in [0.4, 0.5) is 0 Å². The first-order chi connectivity index (χ1) is 22.0. The molecule has 0 saturated heterocycles. The zero-order valence-corrected chi connectivity index (χ0v) is 26.3. The van der Waals surface area contributed by atoms with E-state index in [0.29, 0.717) is 25.5 Å². The Balaban J connectivity index is 1.28. The summed E-state index contributed by atoms with van der Waals surface area (Å²) in [5, 5.41) is 14.3. The SMILES string of the molecule is CCCc1c(Cc2ccc(-c3ccccc3C3=NC(OCC)ON3)cc2)c(=O)n(C2CCC(OCC(C)O)CC2)c2ccnn12. The largest absolute Gasteiger partial charge is 0.391 e. The Kier molecular flexibility index (Phi) is 9.75. The summed E-state index contributed by atoms with van der Waals surface area (Å²) in [6, 6.07) is 18.5. The van der Waals surface area contributed by atoms with E-state index in [1.54, 1.807) is 13.1 Å². The Morgan fingerprint density at radius 1 is 1.02 bits per heavy atom. The van der Waals surface area contributed by atoms with Gasteiger partial charge in [-0.1, -0.05) is 61.9 Å². The molecule has 1 fully saturated rings. The zero-order valence-electron chi connectivity index (χ0n) is 26.3. The number of nitrogens with zero attached hydrogens (tertiary/aromatic N) is 4. The number of aliphatic imine (C=N–C) groups is 1. The lowest BCUT2D eigenvalue weighted by atomic mass is 9.92. The third-order valence-electron chi connectivity index (χ3n) is 8.65. The zero-order chi connectivity index (χ0) is 31.3. The maximum atomic E-state index is 14.3. The second-order valence-electron chi connectivity index (χ2n) is 11.9. The monoisotopic (exact) mass is 613 g/mol. The predicted octanol–water partition coefficient (Wildman–Crippen LogP) is 5.19. The molecule has 2 aliphatic rings. The smallest absolute Gasteiger partial charge is 0.282 e. The molecule has 1 aliphatic carbocycles. The van der Waals surface area contributed by atoms with Gasteiger partial charge in [-0.2, -0.15) is 5.10 Å². The second-order valence-corrected chi connectivity index (χ2v) is 11.9. The lowest BCUT2D eigenvalue weighted by molar-refractivity contribution is -0.140. The summed E-state index contributed by atoms with van der Waals surface area (Å²) >= 11 is 0. The van der Waals surface area contributed by atoms with Crippen molar-refractivity contribution in [2.75, 3.05) is 13.2 Å². The van der Waals surface area contributed by atoms with Crippen molar-refractivity contribution in [1.82, 2.24) is 19.7 Å². The standard InChI is InChI=1S/C35H43N5O5/c1-4-8-31-30(34(42)39(32-19-20-36-40(31)32)26-15-17-27(18-16-26)44-22-23(3)41)21-24-11-13-25(14-12-24)28-9-6-7-10-29(28)33-37-35(43-5-2)45-38-33/h6-7,9-14,19-20,23,26-27,35,41H,4-5,8,15-18,21-22H2,1-3H3,(H,37,38). The van der Waals surface area contributed by atoms with Crippen LogP contribution in [-0.4, -0.2) is 57.0 Å². The molecule has 2 aromatic heterocycles. The molecule has 0 radical (unpaired) electrons. The number of benzene rings is 2. The van der Waals surface area contributed by atoms with Crippen LogP contribution in [0, 0.1) is 0 Å². The van der Waals surface area contributed by atoms with Crippen LogP contribution in [0.15, 0.2) is 70.6 Å². The third-order valence-corrected chi connectivity index (χ3v) is 8.65. The number of nitrogens with one attached hydrogen (secondary N) is 1. The van der Waals surface area contributed by atoms with Gasteiger partial charge in [-0.15, -0.1) is 0 Å². The quantitative estimate of drug-likeness (QED) is 0.226. The van der Waals surface area contributed by atoms with Crippen molar-refractivity contribution < 1.29 is 19.4 Å². The highest BCUT2D eigenvalue weighted by Crippen LogP contribution is 2.32. The molecule has 0 amide bonds. The van der Waals surface area contributed by atoms with Crippen LogP contribution in [0.1, 0.15) is 81.3 Å². The van der Waals surface area contributed by atoms with E-state index in [0.717, 1.165) is 77.7 Å². The number of fused-ring (bicyclic) bond motifs is 1. The molecule has 45 heavy (non-hydrogen) atoms. The minimum absolute atomic E-state index is 0.0726. The highest BCUT2D eigenvalue weighted by atomic mass is 16.8. The number of aryl methyl sites for hydroxylation is 1. The number of aromatic nitrogens is 3. The molecule has 2 N–H and O–H groups in total. The van der Waals surface area contributed by atoms with Crippen molar-refractivity contribution in [3.8, 4) is 11.1 Å². The minimum atomic E-state index is -0.660. The van der Waals surface area contributed by atoms with Gasteiger partial charge in [-0.05, 0) is 62.6 Å². The van der Waals surface area contributed by atoms with Gasteiger partial charge in [0.25, 0.3) is 12.0 Å². The van der Waals surface area contributed by atoms with Crippen molar-refractivity contribution in [3.63, 3.8) is 0 Å². The summed E-state index contributed by atoms with van der Waals surface area (Å²) in [6.07, 6.45) is 6.41. The van der Waals surface area contributed by atoms with Gasteiger partial charge in [-0.25, -0.2) is 19.8 Å². The number of amidine groups is 1. The molecule has 6 rings (SSSR count). The summed E-state index contributed by atoms with van der Waals surface area (Å²) in [5.74, 6) is 0.633. The van der Waals surface area contributed by atoms with E-state index < -0.39 is 12.5 Å². The first-order valence-corrected chi connectivity index (χ1v) is 16.2. The molecule has 2 unspecified atom stereocenters. The predicted molar refractivity (Wildman–Crippen MR) is 173 cm³/mol. The van der Waals surface area contributed by atoms with Crippen LogP contribution >= 0.6 is 0 Å². The Hall–Kier alpha value is -3.83. The van der Waals surface area contributed by atoms with E-state index in [-0.39, 0.29) is 17.7 Å². The minimum Gasteiger partial charge on any atom is -0.391 e. The third kappa shape index (κ3) is 6.74. The normalized spacial score (nSPS) is 20.7. The molecule has 2 atom stereocenters. The molecule has 238 valence electrons. The van der Waals surface area contributed by atoms with Crippen molar-refractivity contribution in [2.24, 2.45) is 4.99 Å². The van der Waals surface area contributed by atoms with Crippen LogP contribution < -0.4 is 11.0 Å². The Morgan fingerprint density at radius 3 is 2.49 bits per heavy atom. The number of aliphatic hydroxyl groups is 1. The molecule has 2 aromatic carbocycles. The van der Waals surface area contributed by atoms with Crippen molar-refractivity contribution in [1.29, 1.82) is 0 Å². The van der Waals surface area contributed by atoms with Crippen molar-refractivity contribution >= 4 is 11.5 Å². The van der Waals surface area contributed by atoms with Gasteiger partial charge in [0.05, 0.1) is 30.7 Å². The summed E-state index contributed by atoms with van der Waals surface area (Å²) in [5.41, 5.74) is 9.68. The maximum absolute atomic E-state index is 14.3. The van der Waals surface area contributed by atoms with E-state index >= 15 is 0 Å². The van der Waals surface area contributed by atoms with E-state index in [9.17, 15) is 9.90 Å². The van der Waals surface area contributed by atoms with E-state index in [4.69, 9.17) is 14.3 Å². The summed E-state index contributed by atoms with van der Waals surface area (Å²) < 4.78 is 15.3. The second kappa shape index (κ2) is 14.1. The maximum Gasteiger partial charge on any atom is 0.282 e. The first-order valence-electron chi connectivity index (χ1n) is 16.2. The number of aliphatic hydroxyl groups excluding tert-OH is 1. The number of ether oxygens (including phenoxy) is 2. The van der Waals surface area contributed by atoms with Gasteiger partial charge in [0.15, 0.2) is 5.84 Å². The van der Waals surface area contributed by atoms with Crippen molar-refractivity contribution in [2.45, 2.75) is 90.4 Å². The molecule has 3 heterocycles. The topological polar surface area (TPSA) is 112 Å². The van der Waals surface area contributed by atoms with Gasteiger partial charge < -0.3 is 14.6 Å². The number of rotatable bonds is 12. The van der Waals surface area contributed by atoms with Gasteiger partial charge in [0.1, 0.15) is 5.65 Å². The van der Waals surface area contributed by atoms with Crippen LogP contribution in [0.25, 0.3) is 16.8 Å². The number of hydroxylamine groups is 1. The molecular weight excluding hydrogens is 570 g/mol. The Bertz CT molecular complexity index is 1690. The lowest BCUT2D eigenvalue weighted by Crippen LogP contribution is -2.35. The van der Waals surface area contributed by atoms with Crippen LogP contribution in [0.3, 0.4) is 0 Å². The van der Waals surface area contributed by atoms with E-state index in [2.05, 4.69) is 52.8 Å². The summed E-state index contributed by atoms with van der Waals surface area (Å²) in [6.45, 7) is 6.63. The molecule has 10 nitrogen and oxygen atoms in total. The number of hydrogen-bond acceptors (Lipinski definition) is 8. The van der Waals surface area contributed by atoms with Crippen LogP contribution in [0.5, 0.6) is 0 Å². The summed E-state index contributed by atoms with van der Waals surface area (Å²) in [7, 11) is 0. The van der Waals surface area contributed by atoms with Crippen LogP contribution in [0.2, 0.25) is 0 Å².